The van der Waals surface area contributed by atoms with Gasteiger partial charge in [-0.05, 0) is 31.2 Å². The fraction of sp³-hybridized carbons (Fsp3) is 0.182. The first kappa shape index (κ1) is 9.58. The van der Waals surface area contributed by atoms with Crippen LogP contribution in [-0.2, 0) is 6.61 Å². The van der Waals surface area contributed by atoms with Crippen molar-refractivity contribution in [1.82, 2.24) is 4.98 Å². The van der Waals surface area contributed by atoms with E-state index in [1.165, 1.54) is 0 Å². The van der Waals surface area contributed by atoms with E-state index in [0.29, 0.717) is 18.2 Å². The number of aromatic nitrogens is 1. The Bertz CT molecular complexity index is 433. The average Bonchev–Trinajstić information content (AvgIpc) is 2.64. The number of oxazole rings is 1. The molecule has 0 amide bonds. The molecule has 0 aliphatic rings. The molecule has 0 radical (unpaired) electrons. The summed E-state index contributed by atoms with van der Waals surface area (Å²) >= 11 is 0. The van der Waals surface area contributed by atoms with Crippen molar-refractivity contribution in [3.05, 3.63) is 42.1 Å². The molecule has 0 spiro atoms. The van der Waals surface area contributed by atoms with Crippen LogP contribution in [0.15, 0.2) is 34.9 Å². The number of nitrogens with zero attached hydrogens (tertiary/aromatic N) is 1. The minimum atomic E-state index is 0.217. The second-order valence-corrected chi connectivity index (χ2v) is 3.15. The topological polar surface area (TPSA) is 55.5 Å². The van der Waals surface area contributed by atoms with Crippen molar-refractivity contribution < 1.29 is 14.3 Å². The number of aryl methyl sites for hydroxylation is 1. The van der Waals surface area contributed by atoms with Gasteiger partial charge >= 0.3 is 0 Å². The van der Waals surface area contributed by atoms with Crippen LogP contribution in [0.25, 0.3) is 0 Å². The Morgan fingerprint density at radius 2 is 2.07 bits per heavy atom. The number of phenols is 1. The van der Waals surface area contributed by atoms with Crippen LogP contribution in [0.5, 0.6) is 11.5 Å². The van der Waals surface area contributed by atoms with E-state index in [1.807, 2.05) is 6.92 Å². The first-order valence-corrected chi connectivity index (χ1v) is 4.57. The van der Waals surface area contributed by atoms with Gasteiger partial charge in [-0.2, -0.15) is 0 Å². The highest BCUT2D eigenvalue weighted by Gasteiger charge is 2.01. The molecule has 2 aromatic rings. The summed E-state index contributed by atoms with van der Waals surface area (Å²) in [6, 6.07) is 6.50. The van der Waals surface area contributed by atoms with E-state index in [2.05, 4.69) is 4.98 Å². The van der Waals surface area contributed by atoms with Crippen molar-refractivity contribution in [2.75, 3.05) is 0 Å². The summed E-state index contributed by atoms with van der Waals surface area (Å²) in [6.45, 7) is 2.12. The number of ether oxygens (including phenoxy) is 1. The Labute approximate surface area is 87.1 Å². The summed E-state index contributed by atoms with van der Waals surface area (Å²) in [5.41, 5.74) is 0. The number of benzene rings is 1. The SMILES string of the molecule is Cc1cnc(COc2ccc(O)cc2)o1. The van der Waals surface area contributed by atoms with Crippen LogP contribution in [0.3, 0.4) is 0 Å². The van der Waals surface area contributed by atoms with E-state index in [9.17, 15) is 0 Å². The highest BCUT2D eigenvalue weighted by atomic mass is 16.5. The number of rotatable bonds is 3. The summed E-state index contributed by atoms with van der Waals surface area (Å²) in [6.07, 6.45) is 1.65. The van der Waals surface area contributed by atoms with Gasteiger partial charge in [0.25, 0.3) is 0 Å². The predicted octanol–water partition coefficient (Wildman–Crippen LogP) is 2.27. The highest BCUT2D eigenvalue weighted by Crippen LogP contribution is 2.17. The van der Waals surface area contributed by atoms with Crippen LogP contribution in [0.4, 0.5) is 0 Å². The van der Waals surface area contributed by atoms with Crippen LogP contribution in [0.2, 0.25) is 0 Å². The standard InChI is InChI=1S/C11H11NO3/c1-8-6-12-11(15-8)7-14-10-4-2-9(13)3-5-10/h2-6,13H,7H2,1H3. The second kappa shape index (κ2) is 4.04. The lowest BCUT2D eigenvalue weighted by atomic mass is 10.3. The Kier molecular flexibility index (Phi) is 2.58. The molecule has 0 saturated carbocycles. The summed E-state index contributed by atoms with van der Waals surface area (Å²) in [7, 11) is 0. The van der Waals surface area contributed by atoms with E-state index >= 15 is 0 Å². The van der Waals surface area contributed by atoms with Gasteiger partial charge in [-0.1, -0.05) is 0 Å². The van der Waals surface area contributed by atoms with Gasteiger partial charge in [0.2, 0.25) is 5.89 Å². The van der Waals surface area contributed by atoms with Gasteiger partial charge in [-0.25, -0.2) is 4.98 Å². The molecular formula is C11H11NO3. The van der Waals surface area contributed by atoms with Gasteiger partial charge in [-0.3, -0.25) is 0 Å². The lowest BCUT2D eigenvalue weighted by molar-refractivity contribution is 0.260. The fourth-order valence-corrected chi connectivity index (χ4v) is 1.16. The summed E-state index contributed by atoms with van der Waals surface area (Å²) < 4.78 is 10.6. The normalized spacial score (nSPS) is 10.2. The van der Waals surface area contributed by atoms with Crippen molar-refractivity contribution in [3.8, 4) is 11.5 Å². The fourth-order valence-electron chi connectivity index (χ4n) is 1.16. The van der Waals surface area contributed by atoms with Crippen molar-refractivity contribution >= 4 is 0 Å². The van der Waals surface area contributed by atoms with E-state index in [4.69, 9.17) is 14.3 Å². The molecule has 1 heterocycles. The zero-order valence-corrected chi connectivity index (χ0v) is 8.30. The lowest BCUT2D eigenvalue weighted by Gasteiger charge is -2.02. The number of hydrogen-bond acceptors (Lipinski definition) is 4. The van der Waals surface area contributed by atoms with E-state index in [1.54, 1.807) is 30.5 Å². The predicted molar refractivity (Wildman–Crippen MR) is 53.7 cm³/mol. The molecule has 0 unspecified atom stereocenters. The second-order valence-electron chi connectivity index (χ2n) is 3.15. The van der Waals surface area contributed by atoms with Crippen LogP contribution >= 0.6 is 0 Å². The van der Waals surface area contributed by atoms with Crippen molar-refractivity contribution in [2.24, 2.45) is 0 Å². The van der Waals surface area contributed by atoms with Crippen molar-refractivity contribution in [1.29, 1.82) is 0 Å². The van der Waals surface area contributed by atoms with Crippen LogP contribution in [0, 0.1) is 6.92 Å². The Balaban J connectivity index is 1.96. The molecule has 4 nitrogen and oxygen atoms in total. The molecule has 15 heavy (non-hydrogen) atoms. The number of hydrogen-bond donors (Lipinski definition) is 1. The molecule has 4 heteroatoms. The van der Waals surface area contributed by atoms with E-state index < -0.39 is 0 Å². The minimum absolute atomic E-state index is 0.217. The largest absolute Gasteiger partial charge is 0.508 e. The highest BCUT2D eigenvalue weighted by molar-refractivity contribution is 5.30. The van der Waals surface area contributed by atoms with Gasteiger partial charge in [0.1, 0.15) is 17.3 Å². The summed E-state index contributed by atoms with van der Waals surface area (Å²) in [5, 5.41) is 9.06. The van der Waals surface area contributed by atoms with Crippen molar-refractivity contribution in [3.63, 3.8) is 0 Å². The minimum Gasteiger partial charge on any atom is -0.508 e. The maximum atomic E-state index is 9.06. The molecule has 2 rings (SSSR count). The molecule has 0 bridgehead atoms. The maximum Gasteiger partial charge on any atom is 0.232 e. The van der Waals surface area contributed by atoms with Crippen LogP contribution < -0.4 is 4.74 Å². The molecular weight excluding hydrogens is 194 g/mol. The third-order valence-corrected chi connectivity index (χ3v) is 1.87. The van der Waals surface area contributed by atoms with Gasteiger partial charge < -0.3 is 14.3 Å². The quantitative estimate of drug-likeness (QED) is 0.835. The molecule has 1 aromatic heterocycles. The maximum absolute atomic E-state index is 9.06. The van der Waals surface area contributed by atoms with Crippen LogP contribution in [0.1, 0.15) is 11.7 Å². The Morgan fingerprint density at radius 1 is 1.33 bits per heavy atom. The monoisotopic (exact) mass is 205 g/mol. The molecule has 0 aliphatic carbocycles. The number of phenolic OH excluding ortho intramolecular Hbond substituents is 1. The summed E-state index contributed by atoms with van der Waals surface area (Å²) in [4.78, 5) is 4.01. The third kappa shape index (κ3) is 2.49. The lowest BCUT2D eigenvalue weighted by Crippen LogP contribution is -1.94. The zero-order valence-electron chi connectivity index (χ0n) is 8.30. The van der Waals surface area contributed by atoms with E-state index in [0.717, 1.165) is 5.76 Å². The van der Waals surface area contributed by atoms with E-state index in [-0.39, 0.29) is 5.75 Å². The first-order chi connectivity index (χ1) is 7.24. The molecule has 0 fully saturated rings. The van der Waals surface area contributed by atoms with Crippen LogP contribution in [-0.4, -0.2) is 10.1 Å². The Hall–Kier alpha value is -1.97. The molecule has 0 aliphatic heterocycles. The molecule has 0 saturated heterocycles. The Morgan fingerprint density at radius 3 is 2.67 bits per heavy atom. The third-order valence-electron chi connectivity index (χ3n) is 1.87. The molecule has 78 valence electrons. The smallest absolute Gasteiger partial charge is 0.232 e. The first-order valence-electron chi connectivity index (χ1n) is 4.57. The number of aromatic hydroxyl groups is 1. The molecule has 1 N–H and O–H groups in total. The van der Waals surface area contributed by atoms with Gasteiger partial charge in [0, 0.05) is 0 Å². The average molecular weight is 205 g/mol. The molecule has 0 atom stereocenters. The van der Waals surface area contributed by atoms with Gasteiger partial charge in [-0.15, -0.1) is 0 Å². The van der Waals surface area contributed by atoms with Gasteiger partial charge in [0.15, 0.2) is 6.61 Å². The zero-order chi connectivity index (χ0) is 10.7. The summed E-state index contributed by atoms with van der Waals surface area (Å²) in [5.74, 6) is 2.19. The van der Waals surface area contributed by atoms with Gasteiger partial charge in [0.05, 0.1) is 6.20 Å². The van der Waals surface area contributed by atoms with Crippen molar-refractivity contribution in [2.45, 2.75) is 13.5 Å². The molecule has 1 aromatic carbocycles.